The van der Waals surface area contributed by atoms with Crippen molar-refractivity contribution in [3.8, 4) is 0 Å². The first kappa shape index (κ1) is 136. The molecule has 0 aliphatic rings. The van der Waals surface area contributed by atoms with E-state index < -0.39 is 20.5 Å². The van der Waals surface area contributed by atoms with Crippen LogP contribution < -0.4 is 113 Å². The fraction of sp³-hybridized carbons (Fsp3) is 0.235. The number of carbonyl (C=O) groups is 9. The van der Waals surface area contributed by atoms with Gasteiger partial charge >= 0.3 is 89.0 Å². The van der Waals surface area contributed by atoms with Crippen LogP contribution in [0.15, 0.2) is 430 Å². The summed E-state index contributed by atoms with van der Waals surface area (Å²) in [7, 11) is -4.15. The first-order valence-electron chi connectivity index (χ1n) is 43.8. The molecule has 6 rings (SSSR count). The van der Waals surface area contributed by atoms with Crippen molar-refractivity contribution in [2.24, 2.45) is 0 Å². The molecule has 0 aliphatic carbocycles. The van der Waals surface area contributed by atoms with Crippen molar-refractivity contribution in [3.63, 3.8) is 0 Å². The zero-order valence-electron chi connectivity index (χ0n) is 84.2. The van der Waals surface area contributed by atoms with Crippen molar-refractivity contribution in [1.82, 2.24) is 0 Å². The summed E-state index contributed by atoms with van der Waals surface area (Å²) in [6.07, 6.45) is 55.8. The number of carboxylic acids is 1. The van der Waals surface area contributed by atoms with Gasteiger partial charge in [-0.1, -0.05) is 290 Å². The van der Waals surface area contributed by atoms with Crippen molar-refractivity contribution in [3.05, 3.63) is 430 Å². The maximum absolute atomic E-state index is 12.9. The van der Waals surface area contributed by atoms with Crippen LogP contribution in [-0.4, -0.2) is 111 Å². The van der Waals surface area contributed by atoms with Crippen LogP contribution in [0.3, 0.4) is 0 Å². The average Bonchev–Trinajstić information content (AvgIpc) is 0.736. The summed E-state index contributed by atoms with van der Waals surface area (Å²) < 4.78 is 25.4. The Bertz CT molecular complexity index is 5170. The van der Waals surface area contributed by atoms with Crippen LogP contribution in [0, 0.1) is 0 Å². The van der Waals surface area contributed by atoms with Gasteiger partial charge in [0.25, 0.3) is 0 Å². The quantitative estimate of drug-likeness (QED) is 0.00505. The molecule has 0 aromatic heterocycles. The smallest absolute Gasteiger partial charge is 1.00 e. The fourth-order valence-electron chi connectivity index (χ4n) is 11.7. The van der Waals surface area contributed by atoms with Crippen LogP contribution in [0.2, 0.25) is 0 Å². The molecular weight excluding hydrogens is 1920 g/mol. The van der Waals surface area contributed by atoms with Crippen molar-refractivity contribution in [1.29, 1.82) is 0 Å². The number of esters is 5. The predicted molar refractivity (Wildman–Crippen MR) is 566 cm³/mol. The summed E-state index contributed by atoms with van der Waals surface area (Å²) in [5.74, 6) is -2.44. The van der Waals surface area contributed by atoms with E-state index >= 15 is 0 Å². The molecule has 1 N–H and O–H groups in total. The van der Waals surface area contributed by atoms with Crippen LogP contribution >= 0.6 is 31.5 Å². The summed E-state index contributed by atoms with van der Waals surface area (Å²) in [5.41, 5.74) is 9.71. The van der Waals surface area contributed by atoms with Crippen LogP contribution in [0.5, 0.6) is 0 Å². The summed E-state index contributed by atoms with van der Waals surface area (Å²) in [6, 6.07) is 63.2. The van der Waals surface area contributed by atoms with Crippen LogP contribution in [0.4, 0.5) is 0 Å². The Morgan fingerprint density at radius 3 is 0.826 bits per heavy atom. The van der Waals surface area contributed by atoms with Gasteiger partial charge in [0, 0.05) is 22.3 Å². The molecule has 6 aromatic carbocycles. The number of hydrogen-bond acceptors (Lipinski definition) is 17. The van der Waals surface area contributed by atoms with Gasteiger partial charge in [0.05, 0.1) is 45.2 Å². The van der Waals surface area contributed by atoms with Crippen molar-refractivity contribution < 1.29 is 158 Å². The minimum Gasteiger partial charge on any atom is -1.00 e. The Morgan fingerprint density at radius 2 is 0.565 bits per heavy atom. The summed E-state index contributed by atoms with van der Waals surface area (Å²) in [5, 5.41) is 18.0. The Kier molecular flexibility index (Phi) is 80.6. The molecule has 724 valence electrons. The molecule has 0 amide bonds. The van der Waals surface area contributed by atoms with Gasteiger partial charge in [-0.25, -0.2) is 30.0 Å². The number of halogens is 2. The van der Waals surface area contributed by atoms with E-state index in [0.29, 0.717) is 77.6 Å². The second-order valence-corrected chi connectivity index (χ2v) is 37.1. The predicted octanol–water partition coefficient (Wildman–Crippen LogP) is 13.1. The van der Waals surface area contributed by atoms with Gasteiger partial charge in [-0.3, -0.25) is 14.4 Å². The molecule has 17 nitrogen and oxygen atoms in total. The number of allylic oxidation sites excluding steroid dienone is 37. The third-order valence-electron chi connectivity index (χ3n) is 18.7. The monoisotopic (exact) mass is 2050 g/mol. The molecular formula is C115H136Br2Na2O17P2. The molecule has 0 saturated heterocycles. The molecule has 1 atom stereocenters. The van der Waals surface area contributed by atoms with Crippen molar-refractivity contribution >= 4 is 124 Å². The third kappa shape index (κ3) is 55.7. The number of carboxylic acid groups (broad SMARTS) is 1. The number of aliphatic carboxylic acids is 1. The molecule has 138 heavy (non-hydrogen) atoms. The van der Waals surface area contributed by atoms with Crippen LogP contribution in [-0.2, 0) is 71.6 Å². The van der Waals surface area contributed by atoms with E-state index in [4.69, 9.17) is 23.7 Å². The first-order chi connectivity index (χ1) is 63.8. The topological polar surface area (TPSA) is 270 Å². The summed E-state index contributed by atoms with van der Waals surface area (Å²) >= 11 is 0. The standard InChI is InChI=1S/C25H26O2P.C23H24O2P.C22H30O4.C18H21O3.C17H22O3.C10H12O2.2BrH.2Na.H2O/c1-3-27-25(26)21(2)19-20-28(22-13-7-4-8-14-22,23-15-9-5-10-16-23)24-17-11-6-12-18-24;1-3-25-23(24)19(2)26(20-13-7-4-8-14-20,21-15-9-5-10-16-21)22-17-11-6-12-18-22;1-7-25-21(23)19(5)15-11-14-17(3)12-9-10-13-18(4)16-20(6)22(24)26-8-2;1-14(10-7-11-16(3)13-19)8-5-6-9-15(2)12-17(4)18(20)21;1-5-20-17(19)16(4)12-8-11-14(2)9-6-7-10-15(3)13-18;1-9(7-11)5-3-4-6-10(2)8-12;;;;;/h4-19H,3,20H2,1-2H3;4-19H,3H2,1-2H3;9-16H,7-8H2,1-6H3;5-12H,1-4H3,(H,20,21);6-13H,5H2,1-4H3;3-8H,1-2H3;2*1H;;;1H2/q2*+1;;-1;;;;;2*+1;/p-3/b21-19+;;10-9+,14-11+,17-12+,18-13+,19-15+,20-16+;6-5+,10-7+,14-8+,15-9+,16-11+,17-12+;7-6+,11-8+,14-9+,15-10+,16-12+;4-3+,9-5+,10-6+;;;;;. The number of carbonyl (C=O) groups excluding carboxylic acids is 10. The van der Waals surface area contributed by atoms with E-state index in [-0.39, 0.29) is 140 Å². The molecule has 0 bridgehead atoms. The van der Waals surface area contributed by atoms with E-state index in [2.05, 4.69) is 115 Å². The maximum Gasteiger partial charge on any atom is 1.00 e. The molecule has 0 heterocycles. The molecule has 23 heteroatoms. The first-order valence-corrected chi connectivity index (χ1v) is 47.7. The number of benzene rings is 6. The second-order valence-electron chi connectivity index (χ2n) is 29.8. The number of rotatable bonds is 40. The van der Waals surface area contributed by atoms with Gasteiger partial charge in [-0.05, 0) is 245 Å². The van der Waals surface area contributed by atoms with E-state index in [0.717, 1.165) is 52.9 Å². The minimum atomic E-state index is -2.20. The summed E-state index contributed by atoms with van der Waals surface area (Å²) in [6.45, 7) is 37.9. The molecule has 0 spiro atoms. The van der Waals surface area contributed by atoms with E-state index in [1.54, 1.807) is 155 Å². The Labute approximate surface area is 888 Å². The Hall–Kier alpha value is -10.9. The molecule has 0 saturated carbocycles. The van der Waals surface area contributed by atoms with Gasteiger partial charge in [-0.15, -0.1) is 23.1 Å². The zero-order chi connectivity index (χ0) is 99.2. The van der Waals surface area contributed by atoms with Crippen molar-refractivity contribution in [2.45, 2.75) is 144 Å². The fourth-order valence-corrected chi connectivity index (χ4v) is 20.4. The van der Waals surface area contributed by atoms with E-state index in [1.807, 2.05) is 220 Å². The molecule has 1 unspecified atom stereocenters. The Balaban J connectivity index is -0.000000517. The van der Waals surface area contributed by atoms with Gasteiger partial charge in [0.2, 0.25) is 0 Å². The van der Waals surface area contributed by atoms with E-state index in [1.165, 1.54) is 38.8 Å². The minimum absolute atomic E-state index is 0. The van der Waals surface area contributed by atoms with Gasteiger partial charge in [0.1, 0.15) is 65.2 Å². The number of aldehydes is 3. The molecule has 0 aliphatic heterocycles. The molecule has 0 fully saturated rings. The number of ether oxygens (including phenoxy) is 5. The largest absolute Gasteiger partial charge is 1.00 e. The molecule has 6 aromatic rings. The van der Waals surface area contributed by atoms with Gasteiger partial charge in [0.15, 0.2) is 5.66 Å². The van der Waals surface area contributed by atoms with Crippen molar-refractivity contribution in [2.75, 3.05) is 39.2 Å². The average molecular weight is 2060 g/mol. The SMILES string of the molecule is Br.CCOC(=O)/C(C)=C/C=C/C(C)=C/C=C/C=C(C)/C=C(\C)C(=O)OCC.CCOC(=O)/C(C)=C/C=C/C(C)=C/C=C/C=C(\C)C=O.CCOC(=O)/C(C)=C/C[P+](c1ccccc1)(c1ccccc1)c1ccccc1.CCOC(=O)C(C)[P+](c1ccccc1)(c1ccccc1)c1ccccc1.C\C(C=O)=C/C=C/C=C(\C)C=O.C\C([C-]=O)=C/C=C/C(C)=C/C=C/C=C(C)/C=C(\C)C(=O)[O-].[Br-].[Na+].[Na+].[OH-]. The summed E-state index contributed by atoms with van der Waals surface area (Å²) in [4.78, 5) is 111. The van der Waals surface area contributed by atoms with Crippen LogP contribution in [0.1, 0.15) is 138 Å². The number of hydrogen-bond donors (Lipinski definition) is 0. The molecule has 0 radical (unpaired) electrons. The van der Waals surface area contributed by atoms with Crippen LogP contribution in [0.25, 0.3) is 0 Å². The van der Waals surface area contributed by atoms with Gasteiger partial charge < -0.3 is 60.8 Å². The maximum atomic E-state index is 12.9. The third-order valence-corrected chi connectivity index (χ3v) is 27.7. The second kappa shape index (κ2) is 82.1. The normalized spacial score (nSPS) is 12.9. The van der Waals surface area contributed by atoms with Gasteiger partial charge in [-0.2, -0.15) is 5.57 Å². The zero-order valence-corrected chi connectivity index (χ0v) is 93.3. The Morgan fingerprint density at radius 1 is 0.326 bits per heavy atom. The van der Waals surface area contributed by atoms with E-state index in [9.17, 15) is 53.1 Å².